The van der Waals surface area contributed by atoms with E-state index >= 15 is 0 Å². The van der Waals surface area contributed by atoms with Gasteiger partial charge in [-0.15, -0.1) is 0 Å². The molecule has 6 heteroatoms. The Morgan fingerprint density at radius 1 is 1.48 bits per heavy atom. The first-order valence-electron chi connectivity index (χ1n) is 7.73. The van der Waals surface area contributed by atoms with Gasteiger partial charge in [0.15, 0.2) is 0 Å². The Morgan fingerprint density at radius 2 is 2.24 bits per heavy atom. The molecule has 0 spiro atoms. The molecule has 1 N–H and O–H groups in total. The normalized spacial score (nSPS) is 16.4. The Kier molecular flexibility index (Phi) is 6.20. The van der Waals surface area contributed by atoms with Crippen molar-refractivity contribution in [1.82, 2.24) is 19.8 Å². The highest BCUT2D eigenvalue weighted by Crippen LogP contribution is 2.11. The van der Waals surface area contributed by atoms with E-state index in [2.05, 4.69) is 21.8 Å². The van der Waals surface area contributed by atoms with E-state index in [-0.39, 0.29) is 12.5 Å². The van der Waals surface area contributed by atoms with Crippen molar-refractivity contribution in [2.24, 2.45) is 0 Å². The summed E-state index contributed by atoms with van der Waals surface area (Å²) >= 11 is 0. The van der Waals surface area contributed by atoms with Gasteiger partial charge in [0.1, 0.15) is 6.61 Å². The van der Waals surface area contributed by atoms with Crippen LogP contribution in [0.25, 0.3) is 0 Å². The number of carbonyl (C=O) groups excluding carboxylic acids is 1. The molecule has 118 valence electrons. The lowest BCUT2D eigenvalue weighted by molar-refractivity contribution is -0.136. The quantitative estimate of drug-likeness (QED) is 0.816. The van der Waals surface area contributed by atoms with Crippen LogP contribution in [0.5, 0.6) is 0 Å². The molecule has 0 bridgehead atoms. The molecule has 0 aliphatic carbocycles. The molecule has 2 rings (SSSR count). The fourth-order valence-corrected chi connectivity index (χ4v) is 2.73. The average molecular weight is 294 g/mol. The molecule has 1 aliphatic heterocycles. The lowest BCUT2D eigenvalue weighted by atomic mass is 10.0. The summed E-state index contributed by atoms with van der Waals surface area (Å²) in [6, 6.07) is 0.474. The molecule has 1 aromatic rings. The van der Waals surface area contributed by atoms with Crippen molar-refractivity contribution in [3.8, 4) is 0 Å². The van der Waals surface area contributed by atoms with Crippen LogP contribution in [0, 0.1) is 0 Å². The van der Waals surface area contributed by atoms with Crippen LogP contribution >= 0.6 is 0 Å². The van der Waals surface area contributed by atoms with Crippen molar-refractivity contribution in [3.63, 3.8) is 0 Å². The summed E-state index contributed by atoms with van der Waals surface area (Å²) in [7, 11) is 1.56. The van der Waals surface area contributed by atoms with E-state index in [1.807, 2.05) is 17.4 Å². The highest BCUT2D eigenvalue weighted by molar-refractivity contribution is 5.77. The zero-order chi connectivity index (χ0) is 15.1. The summed E-state index contributed by atoms with van der Waals surface area (Å²) in [6.45, 7) is 5.85. The van der Waals surface area contributed by atoms with Gasteiger partial charge in [0.05, 0.1) is 12.0 Å². The Labute approximate surface area is 126 Å². The third-order valence-electron chi connectivity index (χ3n) is 3.95. The predicted molar refractivity (Wildman–Crippen MR) is 80.8 cm³/mol. The summed E-state index contributed by atoms with van der Waals surface area (Å²) in [5.74, 6) is 0.0944. The molecule has 1 saturated heterocycles. The number of aryl methyl sites for hydroxylation is 1. The summed E-state index contributed by atoms with van der Waals surface area (Å²) in [6.07, 6.45) is 6.94. The standard InChI is InChI=1S/C15H26N4O2/c1-3-6-19-12-16-9-14(19)10-17-13-4-7-18(8-5-13)15(20)11-21-2/h9,12-13,17H,3-8,10-11H2,1-2H3. The van der Waals surface area contributed by atoms with E-state index in [9.17, 15) is 4.79 Å². The SMILES string of the molecule is CCCn1cncc1CNC1CCN(C(=O)COC)CC1. The first kappa shape index (κ1) is 16.0. The van der Waals surface area contributed by atoms with E-state index in [1.165, 1.54) is 5.69 Å². The van der Waals surface area contributed by atoms with Crippen LogP contribution in [0.3, 0.4) is 0 Å². The van der Waals surface area contributed by atoms with Gasteiger partial charge in [0.25, 0.3) is 0 Å². The number of likely N-dealkylation sites (tertiary alicyclic amines) is 1. The lowest BCUT2D eigenvalue weighted by Crippen LogP contribution is -2.45. The van der Waals surface area contributed by atoms with Crippen LogP contribution in [0.2, 0.25) is 0 Å². The lowest BCUT2D eigenvalue weighted by Gasteiger charge is -2.32. The Hall–Kier alpha value is -1.40. The fourth-order valence-electron chi connectivity index (χ4n) is 2.73. The fraction of sp³-hybridized carbons (Fsp3) is 0.733. The van der Waals surface area contributed by atoms with Gasteiger partial charge in [0, 0.05) is 45.5 Å². The number of nitrogens with zero attached hydrogens (tertiary/aromatic N) is 3. The summed E-state index contributed by atoms with van der Waals surface area (Å²) < 4.78 is 7.10. The molecular weight excluding hydrogens is 268 g/mol. The van der Waals surface area contributed by atoms with Crippen molar-refractivity contribution < 1.29 is 9.53 Å². The van der Waals surface area contributed by atoms with Gasteiger partial charge in [-0.1, -0.05) is 6.92 Å². The van der Waals surface area contributed by atoms with E-state index in [0.29, 0.717) is 6.04 Å². The zero-order valence-electron chi connectivity index (χ0n) is 13.0. The maximum Gasteiger partial charge on any atom is 0.248 e. The van der Waals surface area contributed by atoms with E-state index in [1.54, 1.807) is 7.11 Å². The van der Waals surface area contributed by atoms with Gasteiger partial charge >= 0.3 is 0 Å². The number of rotatable bonds is 7. The molecular formula is C15H26N4O2. The molecule has 0 radical (unpaired) electrons. The zero-order valence-corrected chi connectivity index (χ0v) is 13.0. The van der Waals surface area contributed by atoms with Crippen LogP contribution in [0.4, 0.5) is 0 Å². The largest absolute Gasteiger partial charge is 0.375 e. The highest BCUT2D eigenvalue weighted by atomic mass is 16.5. The van der Waals surface area contributed by atoms with E-state index < -0.39 is 0 Å². The molecule has 2 heterocycles. The van der Waals surface area contributed by atoms with Crippen molar-refractivity contribution in [3.05, 3.63) is 18.2 Å². The third-order valence-corrected chi connectivity index (χ3v) is 3.95. The molecule has 0 aromatic carbocycles. The average Bonchev–Trinajstić information content (AvgIpc) is 2.94. The minimum Gasteiger partial charge on any atom is -0.375 e. The van der Waals surface area contributed by atoms with Gasteiger partial charge in [0.2, 0.25) is 5.91 Å². The summed E-state index contributed by atoms with van der Waals surface area (Å²) in [5, 5.41) is 3.58. The minimum absolute atomic E-state index is 0.0944. The number of imidazole rings is 1. The molecule has 1 amide bonds. The second-order valence-corrected chi connectivity index (χ2v) is 5.55. The maximum absolute atomic E-state index is 11.7. The second-order valence-electron chi connectivity index (χ2n) is 5.55. The van der Waals surface area contributed by atoms with Gasteiger partial charge in [-0.2, -0.15) is 0 Å². The number of amides is 1. The van der Waals surface area contributed by atoms with Crippen LogP contribution in [0.15, 0.2) is 12.5 Å². The monoisotopic (exact) mass is 294 g/mol. The van der Waals surface area contributed by atoms with Crippen LogP contribution in [0.1, 0.15) is 31.9 Å². The number of hydrogen-bond donors (Lipinski definition) is 1. The molecule has 0 atom stereocenters. The molecule has 0 unspecified atom stereocenters. The molecule has 21 heavy (non-hydrogen) atoms. The smallest absolute Gasteiger partial charge is 0.248 e. The van der Waals surface area contributed by atoms with Gasteiger partial charge in [-0.05, 0) is 19.3 Å². The van der Waals surface area contributed by atoms with Gasteiger partial charge in [-0.3, -0.25) is 4.79 Å². The molecule has 1 fully saturated rings. The first-order chi connectivity index (χ1) is 10.2. The maximum atomic E-state index is 11.7. The molecule has 1 aromatic heterocycles. The van der Waals surface area contributed by atoms with Gasteiger partial charge < -0.3 is 19.5 Å². The Morgan fingerprint density at radius 3 is 2.90 bits per heavy atom. The number of hydrogen-bond acceptors (Lipinski definition) is 4. The summed E-state index contributed by atoms with van der Waals surface area (Å²) in [4.78, 5) is 17.8. The number of carbonyl (C=O) groups is 1. The number of methoxy groups -OCH3 is 1. The Bertz CT molecular complexity index is 439. The molecule has 0 saturated carbocycles. The number of nitrogens with one attached hydrogen (secondary N) is 1. The van der Waals surface area contributed by atoms with Crippen molar-refractivity contribution in [2.45, 2.75) is 45.3 Å². The van der Waals surface area contributed by atoms with Crippen molar-refractivity contribution >= 4 is 5.91 Å². The molecule has 1 aliphatic rings. The minimum atomic E-state index is 0.0944. The van der Waals surface area contributed by atoms with E-state index in [4.69, 9.17) is 4.74 Å². The first-order valence-corrected chi connectivity index (χ1v) is 7.73. The second kappa shape index (κ2) is 8.14. The highest BCUT2D eigenvalue weighted by Gasteiger charge is 2.22. The van der Waals surface area contributed by atoms with Crippen LogP contribution in [-0.4, -0.2) is 53.2 Å². The number of ether oxygens (including phenoxy) is 1. The van der Waals surface area contributed by atoms with Crippen LogP contribution in [-0.2, 0) is 22.6 Å². The number of aromatic nitrogens is 2. The van der Waals surface area contributed by atoms with Gasteiger partial charge in [-0.25, -0.2) is 4.98 Å². The molecule has 6 nitrogen and oxygen atoms in total. The number of piperidine rings is 1. The van der Waals surface area contributed by atoms with E-state index in [0.717, 1.165) is 45.4 Å². The predicted octanol–water partition coefficient (Wildman–Crippen LogP) is 1.02. The third kappa shape index (κ3) is 4.54. The van der Waals surface area contributed by atoms with Crippen LogP contribution < -0.4 is 5.32 Å². The van der Waals surface area contributed by atoms with Crippen molar-refractivity contribution in [2.75, 3.05) is 26.8 Å². The summed E-state index contributed by atoms with van der Waals surface area (Å²) in [5.41, 5.74) is 1.23. The Balaban J connectivity index is 1.73. The topological polar surface area (TPSA) is 59.4 Å². The van der Waals surface area contributed by atoms with Crippen molar-refractivity contribution in [1.29, 1.82) is 0 Å².